The maximum Gasteiger partial charge on any atom is 0.169 e. The van der Waals surface area contributed by atoms with Crippen LogP contribution in [0.4, 0.5) is 0 Å². The molecule has 2 aromatic carbocycles. The molecule has 0 fully saturated rings. The van der Waals surface area contributed by atoms with E-state index >= 15 is 0 Å². The van der Waals surface area contributed by atoms with Gasteiger partial charge in [-0.2, -0.15) is 5.10 Å². The van der Waals surface area contributed by atoms with Crippen molar-refractivity contribution >= 4 is 34.8 Å². The van der Waals surface area contributed by atoms with Gasteiger partial charge in [0.1, 0.15) is 12.1 Å². The maximum absolute atomic E-state index is 10.3. The molecule has 0 radical (unpaired) electrons. The fourth-order valence-electron chi connectivity index (χ4n) is 4.55. The molecule has 6 heteroatoms. The minimum atomic E-state index is 0.203. The lowest BCUT2D eigenvalue weighted by Crippen LogP contribution is -2.14. The van der Waals surface area contributed by atoms with Crippen LogP contribution in [0.5, 0.6) is 0 Å². The molecule has 0 bridgehead atoms. The molecule has 2 heterocycles. The first-order valence-electron chi connectivity index (χ1n) is 11.9. The highest BCUT2D eigenvalue weighted by molar-refractivity contribution is 6.38. The minimum absolute atomic E-state index is 0.203. The lowest BCUT2D eigenvalue weighted by molar-refractivity contribution is -0.102. The molecular formula is C31H29N5O. The summed E-state index contributed by atoms with van der Waals surface area (Å²) in [7, 11) is 2.01. The molecule has 5 rings (SSSR count). The number of hydrogen-bond donors (Lipinski definition) is 2. The van der Waals surface area contributed by atoms with E-state index in [1.54, 1.807) is 12.3 Å². The molecule has 1 aliphatic heterocycles. The number of benzene rings is 2. The topological polar surface area (TPSA) is 78.7 Å². The fraction of sp³-hybridized carbons (Fsp3) is 0.0968. The summed E-state index contributed by atoms with van der Waals surface area (Å²) in [4.78, 5) is 18.7. The molecule has 6 nitrogen and oxygen atoms in total. The van der Waals surface area contributed by atoms with Gasteiger partial charge in [-0.3, -0.25) is 15.2 Å². The van der Waals surface area contributed by atoms with Crippen LogP contribution in [-0.4, -0.2) is 30.4 Å². The lowest BCUT2D eigenvalue weighted by atomic mass is 9.94. The van der Waals surface area contributed by atoms with Gasteiger partial charge in [0.05, 0.1) is 11.6 Å². The molecular weight excluding hydrogens is 458 g/mol. The van der Waals surface area contributed by atoms with Crippen molar-refractivity contribution in [3.63, 3.8) is 0 Å². The Labute approximate surface area is 217 Å². The van der Waals surface area contributed by atoms with E-state index < -0.39 is 0 Å². The molecule has 1 atom stereocenters. The van der Waals surface area contributed by atoms with E-state index in [4.69, 9.17) is 0 Å². The number of hydrazone groups is 1. The third-order valence-corrected chi connectivity index (χ3v) is 6.21. The lowest BCUT2D eigenvalue weighted by Gasteiger charge is -2.12. The Morgan fingerprint density at radius 3 is 2.73 bits per heavy atom. The molecule has 2 N–H and O–H groups in total. The number of carbonyl (C=O) groups is 1. The summed E-state index contributed by atoms with van der Waals surface area (Å²) < 4.78 is 0. The standard InChI is InChI=1S/C24H22N2.C7H7N3O/c1-4-9-20-18(5-2)24(25-3)21-12-8-11-19(23(20)21)17-14-16-10-6-7-13-22(16)26-15-17;1-6-2-3-9-10-5-8-7(6)4-11/h4-15,24-25H,1H2,2-3H3;2-5,9H,1H2/b18-5+,20-9+;3-2-,8-7?,10-5-. The summed E-state index contributed by atoms with van der Waals surface area (Å²) in [6.45, 7) is 9.64. The summed E-state index contributed by atoms with van der Waals surface area (Å²) in [6.07, 6.45) is 13.3. The van der Waals surface area contributed by atoms with Gasteiger partial charge in [-0.1, -0.05) is 67.8 Å². The second-order valence-electron chi connectivity index (χ2n) is 8.33. The molecule has 1 unspecified atom stereocenters. The summed E-state index contributed by atoms with van der Waals surface area (Å²) in [5.74, 6) is 0. The van der Waals surface area contributed by atoms with Crippen molar-refractivity contribution in [1.29, 1.82) is 0 Å². The quantitative estimate of drug-likeness (QED) is 0.447. The number of rotatable bonds is 4. The van der Waals surface area contributed by atoms with E-state index in [0.717, 1.165) is 16.5 Å². The zero-order valence-electron chi connectivity index (χ0n) is 21.0. The van der Waals surface area contributed by atoms with E-state index in [1.165, 1.54) is 34.2 Å². The predicted molar refractivity (Wildman–Crippen MR) is 154 cm³/mol. The second kappa shape index (κ2) is 11.8. The van der Waals surface area contributed by atoms with Gasteiger partial charge in [-0.05, 0) is 65.6 Å². The number of allylic oxidation sites excluding steroid dienone is 5. The molecule has 0 saturated carbocycles. The second-order valence-corrected chi connectivity index (χ2v) is 8.33. The van der Waals surface area contributed by atoms with Crippen molar-refractivity contribution in [3.05, 3.63) is 121 Å². The highest BCUT2D eigenvalue weighted by atomic mass is 16.1. The normalized spacial score (nSPS) is 20.1. The SMILES string of the molecule is C=C/C=C1\C(=C/C)C(NC)c2cccc(-c3cnc4ccccc4c3)c21.C=C1/C=C\N/N=C\N=C1C=O. The zero-order valence-corrected chi connectivity index (χ0v) is 21.0. The Hall–Kier alpha value is -4.68. The molecule has 184 valence electrons. The number of hydrogen-bond acceptors (Lipinski definition) is 6. The average molecular weight is 488 g/mol. The van der Waals surface area contributed by atoms with Gasteiger partial charge in [0.15, 0.2) is 6.29 Å². The number of likely N-dealkylation sites (N-methyl/N-ethyl adjacent to an activating group) is 1. The minimum Gasteiger partial charge on any atom is -0.309 e. The van der Waals surface area contributed by atoms with Crippen LogP contribution in [-0.2, 0) is 4.79 Å². The first kappa shape index (κ1) is 25.4. The van der Waals surface area contributed by atoms with E-state index in [9.17, 15) is 4.79 Å². The molecule has 0 saturated heterocycles. The monoisotopic (exact) mass is 487 g/mol. The Morgan fingerprint density at radius 1 is 1.14 bits per heavy atom. The molecule has 2 aliphatic rings. The van der Waals surface area contributed by atoms with Crippen molar-refractivity contribution in [2.24, 2.45) is 10.1 Å². The maximum atomic E-state index is 10.3. The molecule has 37 heavy (non-hydrogen) atoms. The van der Waals surface area contributed by atoms with Crippen LogP contribution in [0.3, 0.4) is 0 Å². The zero-order chi connectivity index (χ0) is 26.2. The van der Waals surface area contributed by atoms with Gasteiger partial charge < -0.3 is 5.32 Å². The smallest absolute Gasteiger partial charge is 0.169 e. The summed E-state index contributed by atoms with van der Waals surface area (Å²) in [6, 6.07) is 17.2. The van der Waals surface area contributed by atoms with E-state index in [1.807, 2.05) is 31.5 Å². The van der Waals surface area contributed by atoms with Crippen molar-refractivity contribution in [2.45, 2.75) is 13.0 Å². The Balaban J connectivity index is 0.000000245. The largest absolute Gasteiger partial charge is 0.309 e. The highest BCUT2D eigenvalue weighted by Crippen LogP contribution is 2.48. The molecule has 0 amide bonds. The third-order valence-electron chi connectivity index (χ3n) is 6.21. The number of carbonyl (C=O) groups excluding carboxylic acids is 1. The highest BCUT2D eigenvalue weighted by Gasteiger charge is 2.31. The first-order chi connectivity index (χ1) is 18.1. The van der Waals surface area contributed by atoms with Gasteiger partial charge in [-0.15, -0.1) is 0 Å². The molecule has 1 aromatic heterocycles. The van der Waals surface area contributed by atoms with Crippen molar-refractivity contribution in [2.75, 3.05) is 7.05 Å². The number of aliphatic imine (C=N–C) groups is 1. The number of para-hydroxylation sites is 1. The van der Waals surface area contributed by atoms with E-state index in [-0.39, 0.29) is 6.04 Å². The number of aromatic nitrogens is 1. The van der Waals surface area contributed by atoms with Gasteiger partial charge in [0, 0.05) is 23.3 Å². The molecule has 0 spiro atoms. The Morgan fingerprint density at radius 2 is 1.97 bits per heavy atom. The van der Waals surface area contributed by atoms with Crippen LogP contribution >= 0.6 is 0 Å². The summed E-state index contributed by atoms with van der Waals surface area (Å²) >= 11 is 0. The van der Waals surface area contributed by atoms with Gasteiger partial charge in [-0.25, -0.2) is 4.99 Å². The number of aldehydes is 1. The van der Waals surface area contributed by atoms with Crippen LogP contribution < -0.4 is 10.7 Å². The van der Waals surface area contributed by atoms with Gasteiger partial charge >= 0.3 is 0 Å². The van der Waals surface area contributed by atoms with Crippen molar-refractivity contribution in [1.82, 2.24) is 15.7 Å². The van der Waals surface area contributed by atoms with Crippen LogP contribution in [0.25, 0.3) is 27.6 Å². The average Bonchev–Trinajstić information content (AvgIpc) is 3.24. The van der Waals surface area contributed by atoms with Crippen LogP contribution in [0.2, 0.25) is 0 Å². The fourth-order valence-corrected chi connectivity index (χ4v) is 4.55. The molecule has 1 aliphatic carbocycles. The van der Waals surface area contributed by atoms with Gasteiger partial charge in [0.2, 0.25) is 0 Å². The number of nitrogens with zero attached hydrogens (tertiary/aromatic N) is 3. The first-order valence-corrected chi connectivity index (χ1v) is 11.9. The van der Waals surface area contributed by atoms with E-state index in [2.05, 4.69) is 94.5 Å². The summed E-state index contributed by atoms with van der Waals surface area (Å²) in [5, 5.41) is 8.23. The third kappa shape index (κ3) is 5.29. The Bertz CT molecular complexity index is 1510. The van der Waals surface area contributed by atoms with Gasteiger partial charge in [0.25, 0.3) is 0 Å². The Kier molecular flexibility index (Phi) is 8.13. The van der Waals surface area contributed by atoms with Crippen LogP contribution in [0, 0.1) is 0 Å². The van der Waals surface area contributed by atoms with Crippen molar-refractivity contribution in [3.8, 4) is 11.1 Å². The van der Waals surface area contributed by atoms with Crippen LogP contribution in [0.1, 0.15) is 24.1 Å². The number of nitrogens with one attached hydrogen (secondary N) is 2. The van der Waals surface area contributed by atoms with Crippen LogP contribution in [0.15, 0.2) is 120 Å². The van der Waals surface area contributed by atoms with E-state index in [0.29, 0.717) is 17.6 Å². The molecule has 3 aromatic rings. The van der Waals surface area contributed by atoms with Crippen molar-refractivity contribution < 1.29 is 4.79 Å². The summed E-state index contributed by atoms with van der Waals surface area (Å²) in [5.41, 5.74) is 11.9. The predicted octanol–water partition coefficient (Wildman–Crippen LogP) is 5.93. The number of pyridine rings is 1. The number of fused-ring (bicyclic) bond motifs is 2.